The minimum atomic E-state index is 0.637. The molecule has 0 atom stereocenters. The summed E-state index contributed by atoms with van der Waals surface area (Å²) < 4.78 is 0. The van der Waals surface area contributed by atoms with Gasteiger partial charge >= 0.3 is 0 Å². The van der Waals surface area contributed by atoms with Gasteiger partial charge in [0.25, 0.3) is 0 Å². The Kier molecular flexibility index (Phi) is 4.97. The van der Waals surface area contributed by atoms with Crippen molar-refractivity contribution in [2.75, 3.05) is 0 Å². The van der Waals surface area contributed by atoms with Crippen molar-refractivity contribution in [1.29, 1.82) is 0 Å². The molecule has 0 radical (unpaired) electrons. The Labute approximate surface area is 56.4 Å². The van der Waals surface area contributed by atoms with E-state index >= 15 is 0 Å². The Morgan fingerprint density at radius 3 is 2.75 bits per heavy atom. The molecule has 0 amide bonds. The van der Waals surface area contributed by atoms with Gasteiger partial charge in [0.05, 0.1) is 5.03 Å². The Balaban J connectivity index is 3.03. The van der Waals surface area contributed by atoms with Crippen molar-refractivity contribution in [2.24, 2.45) is 5.73 Å². The van der Waals surface area contributed by atoms with Crippen LogP contribution in [0, 0.1) is 0 Å². The summed E-state index contributed by atoms with van der Waals surface area (Å²) in [5, 5.41) is 0.637. The lowest BCUT2D eigenvalue weighted by Crippen LogP contribution is -1.85. The molecule has 2 N–H and O–H groups in total. The molecule has 0 aliphatic heterocycles. The van der Waals surface area contributed by atoms with Crippen LogP contribution < -0.4 is 5.73 Å². The van der Waals surface area contributed by atoms with Gasteiger partial charge in [-0.2, -0.15) is 0 Å². The number of hydrogen-bond donors (Lipinski definition) is 2. The van der Waals surface area contributed by atoms with Gasteiger partial charge in [-0.3, -0.25) is 0 Å². The van der Waals surface area contributed by atoms with Crippen LogP contribution in [0.2, 0.25) is 0 Å². The molecule has 2 heteroatoms. The van der Waals surface area contributed by atoms with E-state index in [-0.39, 0.29) is 0 Å². The minimum absolute atomic E-state index is 0.637. The molecule has 0 spiro atoms. The van der Waals surface area contributed by atoms with Crippen LogP contribution >= 0.6 is 12.6 Å². The SMILES string of the molecule is CCCC/C=C(/N)S. The molecule has 0 fully saturated rings. The van der Waals surface area contributed by atoms with E-state index in [2.05, 4.69) is 19.6 Å². The fraction of sp³-hybridized carbons (Fsp3) is 0.667. The average Bonchev–Trinajstić information content (AvgIpc) is 1.66. The van der Waals surface area contributed by atoms with Crippen molar-refractivity contribution < 1.29 is 0 Å². The van der Waals surface area contributed by atoms with Gasteiger partial charge in [-0.1, -0.05) is 19.4 Å². The van der Waals surface area contributed by atoms with Crippen LogP contribution in [0.4, 0.5) is 0 Å². The first kappa shape index (κ1) is 7.89. The van der Waals surface area contributed by atoms with Gasteiger partial charge in [-0.25, -0.2) is 0 Å². The van der Waals surface area contributed by atoms with Gasteiger partial charge in [0, 0.05) is 0 Å². The Morgan fingerprint density at radius 1 is 1.75 bits per heavy atom. The van der Waals surface area contributed by atoms with Gasteiger partial charge in [-0.15, -0.1) is 12.6 Å². The number of thiol groups is 1. The number of nitrogens with two attached hydrogens (primary N) is 1. The van der Waals surface area contributed by atoms with Crippen molar-refractivity contribution in [3.63, 3.8) is 0 Å². The third kappa shape index (κ3) is 5.89. The lowest BCUT2D eigenvalue weighted by molar-refractivity contribution is 0.813. The van der Waals surface area contributed by atoms with E-state index in [0.717, 1.165) is 6.42 Å². The molecule has 8 heavy (non-hydrogen) atoms. The van der Waals surface area contributed by atoms with E-state index in [0.29, 0.717) is 5.03 Å². The van der Waals surface area contributed by atoms with Crippen molar-refractivity contribution in [2.45, 2.75) is 26.2 Å². The van der Waals surface area contributed by atoms with Gasteiger partial charge < -0.3 is 5.73 Å². The molecule has 0 saturated carbocycles. The quantitative estimate of drug-likeness (QED) is 0.444. The Hall–Kier alpha value is -0.110. The topological polar surface area (TPSA) is 26.0 Å². The Bertz CT molecular complexity index is 74.6. The maximum atomic E-state index is 5.26. The first-order valence-electron chi connectivity index (χ1n) is 2.92. The predicted molar refractivity (Wildman–Crippen MR) is 40.8 cm³/mol. The zero-order valence-electron chi connectivity index (χ0n) is 5.22. The largest absolute Gasteiger partial charge is 0.394 e. The third-order valence-corrected chi connectivity index (χ3v) is 1.09. The molecule has 0 aromatic heterocycles. The van der Waals surface area contributed by atoms with E-state index < -0.39 is 0 Å². The van der Waals surface area contributed by atoms with Crippen molar-refractivity contribution >= 4 is 12.6 Å². The van der Waals surface area contributed by atoms with Gasteiger partial charge in [-0.05, 0) is 12.8 Å². The fourth-order valence-electron chi connectivity index (χ4n) is 0.454. The predicted octanol–water partition coefficient (Wildman–Crippen LogP) is 1.91. The number of rotatable bonds is 3. The Morgan fingerprint density at radius 2 is 2.38 bits per heavy atom. The number of unbranched alkanes of at least 4 members (excludes halogenated alkanes) is 2. The van der Waals surface area contributed by atoms with Gasteiger partial charge in [0.15, 0.2) is 0 Å². The van der Waals surface area contributed by atoms with Crippen molar-refractivity contribution in [1.82, 2.24) is 0 Å². The minimum Gasteiger partial charge on any atom is -0.394 e. The first-order chi connectivity index (χ1) is 3.77. The standard InChI is InChI=1S/C6H13NS/c1-2-3-4-5-6(7)8/h5,8H,2-4,7H2,1H3/b6-5-. The second kappa shape index (κ2) is 5.04. The van der Waals surface area contributed by atoms with Crippen LogP contribution in [0.15, 0.2) is 11.1 Å². The highest BCUT2D eigenvalue weighted by molar-refractivity contribution is 7.84. The highest BCUT2D eigenvalue weighted by Gasteiger charge is 1.78. The smallest absolute Gasteiger partial charge is 0.0583 e. The van der Waals surface area contributed by atoms with Crippen molar-refractivity contribution in [3.8, 4) is 0 Å². The summed E-state index contributed by atoms with van der Waals surface area (Å²) in [6, 6.07) is 0. The van der Waals surface area contributed by atoms with Crippen LogP contribution in [-0.4, -0.2) is 0 Å². The zero-order chi connectivity index (χ0) is 6.41. The molecule has 0 saturated heterocycles. The molecule has 0 heterocycles. The van der Waals surface area contributed by atoms with Crippen LogP contribution in [0.25, 0.3) is 0 Å². The summed E-state index contributed by atoms with van der Waals surface area (Å²) in [4.78, 5) is 0. The maximum Gasteiger partial charge on any atom is 0.0583 e. The van der Waals surface area contributed by atoms with Gasteiger partial charge in [0.1, 0.15) is 0 Å². The second-order valence-electron chi connectivity index (χ2n) is 1.77. The van der Waals surface area contributed by atoms with E-state index in [1.807, 2.05) is 6.08 Å². The third-order valence-electron chi connectivity index (χ3n) is 0.911. The van der Waals surface area contributed by atoms with Crippen molar-refractivity contribution in [3.05, 3.63) is 11.1 Å². The van der Waals surface area contributed by atoms with Crippen LogP contribution in [0.1, 0.15) is 26.2 Å². The summed E-state index contributed by atoms with van der Waals surface area (Å²) in [6.45, 7) is 2.16. The van der Waals surface area contributed by atoms with E-state index in [1.54, 1.807) is 0 Å². The molecule has 0 aromatic carbocycles. The summed E-state index contributed by atoms with van der Waals surface area (Å²) >= 11 is 3.91. The normalized spacial score (nSPS) is 12.0. The van der Waals surface area contributed by atoms with Crippen LogP contribution in [0.3, 0.4) is 0 Å². The van der Waals surface area contributed by atoms with E-state index in [9.17, 15) is 0 Å². The summed E-state index contributed by atoms with van der Waals surface area (Å²) in [5.41, 5.74) is 5.26. The fourth-order valence-corrected chi connectivity index (χ4v) is 0.583. The van der Waals surface area contributed by atoms with Crippen LogP contribution in [-0.2, 0) is 0 Å². The first-order valence-corrected chi connectivity index (χ1v) is 3.36. The molecule has 0 unspecified atom stereocenters. The number of allylic oxidation sites excluding steroid dienone is 1. The van der Waals surface area contributed by atoms with Gasteiger partial charge in [0.2, 0.25) is 0 Å². The average molecular weight is 131 g/mol. The van der Waals surface area contributed by atoms with E-state index in [1.165, 1.54) is 12.8 Å². The monoisotopic (exact) mass is 131 g/mol. The highest BCUT2D eigenvalue weighted by atomic mass is 32.1. The maximum absolute atomic E-state index is 5.26. The molecular weight excluding hydrogens is 118 g/mol. The molecule has 48 valence electrons. The number of hydrogen-bond acceptors (Lipinski definition) is 2. The lowest BCUT2D eigenvalue weighted by atomic mass is 10.2. The molecule has 0 rings (SSSR count). The summed E-state index contributed by atoms with van der Waals surface area (Å²) in [5.74, 6) is 0. The molecule has 0 aliphatic carbocycles. The highest BCUT2D eigenvalue weighted by Crippen LogP contribution is 1.98. The lowest BCUT2D eigenvalue weighted by Gasteiger charge is -1.88. The molecule has 0 aliphatic rings. The molecular formula is C6H13NS. The summed E-state index contributed by atoms with van der Waals surface area (Å²) in [7, 11) is 0. The van der Waals surface area contributed by atoms with E-state index in [4.69, 9.17) is 5.73 Å². The molecule has 0 aromatic rings. The molecule has 1 nitrogen and oxygen atoms in total. The second-order valence-corrected chi connectivity index (χ2v) is 2.29. The summed E-state index contributed by atoms with van der Waals surface area (Å²) in [6.07, 6.45) is 5.43. The molecule has 0 bridgehead atoms. The zero-order valence-corrected chi connectivity index (χ0v) is 6.12. The van der Waals surface area contributed by atoms with Crippen LogP contribution in [0.5, 0.6) is 0 Å².